The Morgan fingerprint density at radius 3 is 2.44 bits per heavy atom. The molecule has 3 aliphatic rings. The fourth-order valence-corrected chi connectivity index (χ4v) is 5.53. The van der Waals surface area contributed by atoms with Gasteiger partial charge < -0.3 is 31.9 Å². The number of aromatic hydroxyl groups is 1. The summed E-state index contributed by atoms with van der Waals surface area (Å²) in [6, 6.07) is -0.0146. The molecule has 0 bridgehead atoms. The number of nitrogen functional groups attached to an aromatic ring is 1. The number of likely N-dealkylation sites (N-methyl/N-ethyl adjacent to an activating group) is 1. The molecule has 1 aromatic rings. The molecular weight excluding hydrogens is 442 g/mol. The van der Waals surface area contributed by atoms with Crippen LogP contribution < -0.4 is 11.5 Å². The van der Waals surface area contributed by atoms with Crippen molar-refractivity contribution in [3.63, 3.8) is 0 Å². The second-order valence-corrected chi connectivity index (χ2v) is 9.01. The zero-order valence-electron chi connectivity index (χ0n) is 17.2. The van der Waals surface area contributed by atoms with Crippen LogP contribution in [-0.4, -0.2) is 68.5 Å². The summed E-state index contributed by atoms with van der Waals surface area (Å²) in [4.78, 5) is 39.9. The number of halogens is 1. The molecule has 3 aliphatic carbocycles. The fourth-order valence-electron chi connectivity index (χ4n) is 5.31. The van der Waals surface area contributed by atoms with E-state index in [9.17, 15) is 34.8 Å². The predicted molar refractivity (Wildman–Crippen MR) is 114 cm³/mol. The van der Waals surface area contributed by atoms with Gasteiger partial charge in [-0.15, -0.1) is 0 Å². The van der Waals surface area contributed by atoms with Crippen LogP contribution in [0.5, 0.6) is 5.75 Å². The van der Waals surface area contributed by atoms with Gasteiger partial charge in [0.2, 0.25) is 5.78 Å². The summed E-state index contributed by atoms with van der Waals surface area (Å²) in [5, 5.41) is 43.5. The number of Topliss-reactive ketones (excluding diaryl/α,β-unsaturated/α-hetero) is 2. The second-order valence-electron chi connectivity index (χ2n) is 8.61. The smallest absolute Gasteiger partial charge is 0.255 e. The van der Waals surface area contributed by atoms with Gasteiger partial charge in [-0.25, -0.2) is 0 Å². The number of aliphatic hydroxyl groups excluding tert-OH is 2. The van der Waals surface area contributed by atoms with Crippen LogP contribution in [0.4, 0.5) is 5.69 Å². The minimum atomic E-state index is -2.67. The van der Waals surface area contributed by atoms with Crippen LogP contribution in [0.1, 0.15) is 17.5 Å². The van der Waals surface area contributed by atoms with Crippen LogP contribution in [0.2, 0.25) is 5.02 Å². The first kappa shape index (κ1) is 22.1. The molecule has 1 fully saturated rings. The zero-order chi connectivity index (χ0) is 23.9. The molecule has 0 radical (unpaired) electrons. The van der Waals surface area contributed by atoms with Crippen molar-refractivity contribution in [2.24, 2.45) is 17.6 Å². The number of amides is 1. The number of fused-ring (bicyclic) bond motifs is 3. The number of primary amides is 1. The zero-order valence-corrected chi connectivity index (χ0v) is 18.0. The molecule has 0 spiro atoms. The Morgan fingerprint density at radius 2 is 1.88 bits per heavy atom. The first-order valence-corrected chi connectivity index (χ1v) is 10.2. The van der Waals surface area contributed by atoms with Gasteiger partial charge in [0, 0.05) is 17.6 Å². The normalized spacial score (nSPS) is 29.7. The van der Waals surface area contributed by atoms with Crippen LogP contribution in [0.25, 0.3) is 5.76 Å². The van der Waals surface area contributed by atoms with Crippen molar-refractivity contribution < 1.29 is 34.8 Å². The Morgan fingerprint density at radius 1 is 1.25 bits per heavy atom. The number of nitrogens with zero attached hydrogens (tertiary/aromatic N) is 1. The van der Waals surface area contributed by atoms with Gasteiger partial charge in [0.25, 0.3) is 5.91 Å². The van der Waals surface area contributed by atoms with E-state index in [4.69, 9.17) is 23.1 Å². The molecule has 1 amide bonds. The third-order valence-electron chi connectivity index (χ3n) is 6.72. The topological polar surface area (TPSA) is 187 Å². The highest BCUT2D eigenvalue weighted by atomic mass is 35.5. The summed E-state index contributed by atoms with van der Waals surface area (Å²) < 4.78 is 0. The summed E-state index contributed by atoms with van der Waals surface area (Å²) in [5.74, 6) is -7.16. The Labute approximate surface area is 187 Å². The van der Waals surface area contributed by atoms with Gasteiger partial charge >= 0.3 is 0 Å². The molecule has 0 saturated heterocycles. The lowest BCUT2D eigenvalue weighted by Crippen LogP contribution is -2.65. The van der Waals surface area contributed by atoms with Crippen molar-refractivity contribution in [1.29, 1.82) is 0 Å². The molecule has 4 atom stereocenters. The number of rotatable bonds is 2. The van der Waals surface area contributed by atoms with Crippen LogP contribution in [0, 0.1) is 11.8 Å². The molecule has 11 heteroatoms. The van der Waals surface area contributed by atoms with Crippen LogP contribution >= 0.6 is 11.6 Å². The third-order valence-corrected chi connectivity index (χ3v) is 7.03. The number of phenolic OH excluding ortho intramolecular Hbond substituents is 1. The van der Waals surface area contributed by atoms with E-state index in [1.165, 1.54) is 19.0 Å². The van der Waals surface area contributed by atoms with E-state index in [1.807, 2.05) is 0 Å². The Balaban J connectivity index is 2.00. The SMILES string of the molecule is CN(C)[C@@H]1C(=O)C(C(N)=O)=C(O)[C@@]2(O)C(=O)C3=C(O)c4c(O)cc(Cl)c(N)c4C[C@H]3C[C@@H]12. The van der Waals surface area contributed by atoms with Crippen molar-refractivity contribution >= 4 is 40.5 Å². The number of phenols is 1. The molecule has 10 nitrogen and oxygen atoms in total. The lowest BCUT2D eigenvalue weighted by Gasteiger charge is -2.50. The van der Waals surface area contributed by atoms with Gasteiger partial charge in [-0.1, -0.05) is 11.6 Å². The van der Waals surface area contributed by atoms with Crippen molar-refractivity contribution in [1.82, 2.24) is 4.90 Å². The monoisotopic (exact) mass is 463 g/mol. The number of benzene rings is 1. The molecule has 32 heavy (non-hydrogen) atoms. The highest BCUT2D eigenvalue weighted by Crippen LogP contribution is 2.53. The molecular formula is C21H22ClN3O7. The summed E-state index contributed by atoms with van der Waals surface area (Å²) in [6.45, 7) is 0. The number of carbonyl (C=O) groups is 3. The molecule has 4 rings (SSSR count). The van der Waals surface area contributed by atoms with Gasteiger partial charge in [0.15, 0.2) is 11.4 Å². The number of ketones is 2. The van der Waals surface area contributed by atoms with Crippen molar-refractivity contribution in [3.05, 3.63) is 39.1 Å². The molecule has 0 aromatic heterocycles. The summed E-state index contributed by atoms with van der Waals surface area (Å²) in [5.41, 5.74) is 7.92. The van der Waals surface area contributed by atoms with Gasteiger partial charge in [-0.2, -0.15) is 0 Å². The quantitative estimate of drug-likeness (QED) is 0.202. The van der Waals surface area contributed by atoms with Crippen molar-refractivity contribution in [2.45, 2.75) is 24.5 Å². The van der Waals surface area contributed by atoms with Crippen LogP contribution in [0.3, 0.4) is 0 Å². The maximum absolute atomic E-state index is 13.6. The maximum atomic E-state index is 13.6. The fraction of sp³-hybridized carbons (Fsp3) is 0.381. The number of carbonyl (C=O) groups excluding carboxylic acids is 3. The lowest BCUT2D eigenvalue weighted by atomic mass is 9.57. The number of nitrogens with two attached hydrogens (primary N) is 2. The third kappa shape index (κ3) is 2.63. The summed E-state index contributed by atoms with van der Waals surface area (Å²) in [6.07, 6.45) is 0.0764. The van der Waals surface area contributed by atoms with Gasteiger partial charge in [-0.05, 0) is 38.4 Å². The molecule has 8 N–H and O–H groups in total. The Bertz CT molecular complexity index is 1170. The average Bonchev–Trinajstić information content (AvgIpc) is 2.68. The lowest BCUT2D eigenvalue weighted by molar-refractivity contribution is -0.153. The first-order valence-electron chi connectivity index (χ1n) is 9.78. The Hall–Kier alpha value is -3.08. The standard InChI is InChI=1S/C21H22ClN3O7/c1-25(2)15-8-4-6-3-7-12(10(26)5-9(22)14(7)23)16(27)11(6)18(29)21(8,32)19(30)13(17(15)28)20(24)31/h5-6,8,15,26-27,30,32H,3-4,23H2,1-2H3,(H2,24,31)/t6-,8-,15-,21-/m0/s1. The number of hydrogen-bond donors (Lipinski definition) is 6. The predicted octanol–water partition coefficient (Wildman–Crippen LogP) is 0.200. The molecule has 0 heterocycles. The van der Waals surface area contributed by atoms with E-state index in [1.54, 1.807) is 0 Å². The van der Waals surface area contributed by atoms with E-state index >= 15 is 0 Å². The van der Waals surface area contributed by atoms with E-state index in [0.29, 0.717) is 5.56 Å². The molecule has 170 valence electrons. The molecule has 0 aliphatic heterocycles. The average molecular weight is 464 g/mol. The van der Waals surface area contributed by atoms with Crippen molar-refractivity contribution in [2.75, 3.05) is 19.8 Å². The highest BCUT2D eigenvalue weighted by Gasteiger charge is 2.64. The van der Waals surface area contributed by atoms with Crippen LogP contribution in [-0.2, 0) is 20.8 Å². The summed E-state index contributed by atoms with van der Waals surface area (Å²) >= 11 is 6.06. The minimum absolute atomic E-state index is 0.0154. The first-order chi connectivity index (χ1) is 14.8. The number of anilines is 1. The van der Waals surface area contributed by atoms with Gasteiger partial charge in [0.1, 0.15) is 22.8 Å². The largest absolute Gasteiger partial charge is 0.508 e. The number of hydrogen-bond acceptors (Lipinski definition) is 9. The maximum Gasteiger partial charge on any atom is 0.255 e. The van der Waals surface area contributed by atoms with E-state index in [2.05, 4.69) is 0 Å². The summed E-state index contributed by atoms with van der Waals surface area (Å²) in [7, 11) is 3.06. The van der Waals surface area contributed by atoms with E-state index in [-0.39, 0.29) is 34.7 Å². The molecule has 1 aromatic carbocycles. The Kier molecular flexibility index (Phi) is 4.81. The van der Waals surface area contributed by atoms with Gasteiger partial charge in [0.05, 0.1) is 22.3 Å². The van der Waals surface area contributed by atoms with Crippen molar-refractivity contribution in [3.8, 4) is 5.75 Å². The van der Waals surface area contributed by atoms with E-state index in [0.717, 1.165) is 6.07 Å². The highest BCUT2D eigenvalue weighted by molar-refractivity contribution is 6.33. The van der Waals surface area contributed by atoms with Crippen LogP contribution in [0.15, 0.2) is 23.0 Å². The minimum Gasteiger partial charge on any atom is -0.508 e. The second kappa shape index (κ2) is 6.96. The number of aliphatic hydroxyl groups is 3. The molecule has 0 unspecified atom stereocenters. The molecule has 1 saturated carbocycles. The van der Waals surface area contributed by atoms with Gasteiger partial charge in [-0.3, -0.25) is 19.3 Å². The van der Waals surface area contributed by atoms with E-state index < -0.39 is 63.8 Å².